The number of nitrogens with two attached hydrogens (primary N) is 2. The van der Waals surface area contributed by atoms with Crippen molar-refractivity contribution >= 4 is 11.4 Å². The Hall–Kier alpha value is -1.46. The second kappa shape index (κ2) is 5.93. The summed E-state index contributed by atoms with van der Waals surface area (Å²) in [5, 5.41) is 13.0. The predicted molar refractivity (Wildman–Crippen MR) is 74.5 cm³/mol. The molecule has 0 aliphatic heterocycles. The molecule has 102 valence electrons. The molecule has 0 bridgehead atoms. The van der Waals surface area contributed by atoms with Crippen molar-refractivity contribution in [2.45, 2.75) is 32.4 Å². The van der Waals surface area contributed by atoms with E-state index in [1.807, 2.05) is 20.8 Å². The molecule has 18 heavy (non-hydrogen) atoms. The minimum absolute atomic E-state index is 0.0306. The van der Waals surface area contributed by atoms with E-state index in [9.17, 15) is 5.11 Å². The van der Waals surface area contributed by atoms with Gasteiger partial charge in [-0.25, -0.2) is 0 Å². The van der Waals surface area contributed by atoms with E-state index < -0.39 is 6.10 Å². The number of ether oxygens (including phenoxy) is 1. The molecule has 0 fully saturated rings. The molecule has 0 heterocycles. The molecule has 6 N–H and O–H groups in total. The summed E-state index contributed by atoms with van der Waals surface area (Å²) in [6.07, 6.45) is -0.593. The van der Waals surface area contributed by atoms with Crippen LogP contribution in [0, 0.1) is 0 Å². The van der Waals surface area contributed by atoms with Gasteiger partial charge >= 0.3 is 0 Å². The van der Waals surface area contributed by atoms with Gasteiger partial charge in [0.05, 0.1) is 11.4 Å². The Morgan fingerprint density at radius 2 is 2.00 bits per heavy atom. The molecule has 0 aliphatic rings. The highest BCUT2D eigenvalue weighted by Gasteiger charge is 2.13. The lowest BCUT2D eigenvalue weighted by Gasteiger charge is -2.23. The second-order valence-corrected chi connectivity index (χ2v) is 5.35. The van der Waals surface area contributed by atoms with E-state index in [1.54, 1.807) is 18.2 Å². The fourth-order valence-corrected chi connectivity index (χ4v) is 1.36. The highest BCUT2D eigenvalue weighted by molar-refractivity contribution is 5.70. The number of anilines is 2. The Morgan fingerprint density at radius 1 is 1.33 bits per heavy atom. The van der Waals surface area contributed by atoms with E-state index in [4.69, 9.17) is 16.2 Å². The first kappa shape index (κ1) is 14.6. The summed E-state index contributed by atoms with van der Waals surface area (Å²) in [6, 6.07) is 5.20. The molecular weight excluding hydrogens is 230 g/mol. The molecule has 5 heteroatoms. The standard InChI is InChI=1S/C13H23N3O2/c1-13(2,3)16-7-9(17)8-18-11-6-4-5-10(14)12(11)15/h4-6,9,16-17H,7-8,14-15H2,1-3H3. The van der Waals surface area contributed by atoms with Crippen molar-refractivity contribution in [2.75, 3.05) is 24.6 Å². The van der Waals surface area contributed by atoms with Gasteiger partial charge in [0.2, 0.25) is 0 Å². The van der Waals surface area contributed by atoms with Crippen molar-refractivity contribution in [2.24, 2.45) is 0 Å². The van der Waals surface area contributed by atoms with Crippen molar-refractivity contribution in [3.8, 4) is 5.75 Å². The van der Waals surface area contributed by atoms with Gasteiger partial charge in [0.15, 0.2) is 0 Å². The third-order valence-electron chi connectivity index (χ3n) is 2.40. The van der Waals surface area contributed by atoms with Crippen LogP contribution < -0.4 is 21.5 Å². The molecular formula is C13H23N3O2. The molecule has 1 aromatic rings. The third-order valence-corrected chi connectivity index (χ3v) is 2.40. The maximum atomic E-state index is 9.77. The van der Waals surface area contributed by atoms with Crippen LogP contribution in [-0.4, -0.2) is 29.9 Å². The summed E-state index contributed by atoms with van der Waals surface area (Å²) in [7, 11) is 0. The monoisotopic (exact) mass is 253 g/mol. The van der Waals surface area contributed by atoms with E-state index in [-0.39, 0.29) is 12.1 Å². The van der Waals surface area contributed by atoms with E-state index in [0.717, 1.165) is 0 Å². The summed E-state index contributed by atoms with van der Waals surface area (Å²) in [6.45, 7) is 6.76. The van der Waals surface area contributed by atoms with Crippen LogP contribution in [-0.2, 0) is 0 Å². The van der Waals surface area contributed by atoms with Crippen LogP contribution >= 0.6 is 0 Å². The molecule has 1 unspecified atom stereocenters. The van der Waals surface area contributed by atoms with Gasteiger partial charge < -0.3 is 26.6 Å². The van der Waals surface area contributed by atoms with Gasteiger partial charge in [0.25, 0.3) is 0 Å². The lowest BCUT2D eigenvalue weighted by atomic mass is 10.1. The predicted octanol–water partition coefficient (Wildman–Crippen LogP) is 0.979. The lowest BCUT2D eigenvalue weighted by molar-refractivity contribution is 0.100. The minimum Gasteiger partial charge on any atom is -0.489 e. The van der Waals surface area contributed by atoms with Gasteiger partial charge in [-0.15, -0.1) is 0 Å². The Bertz CT molecular complexity index is 388. The molecule has 0 aromatic heterocycles. The Balaban J connectivity index is 2.43. The van der Waals surface area contributed by atoms with E-state index >= 15 is 0 Å². The first-order valence-electron chi connectivity index (χ1n) is 5.99. The van der Waals surface area contributed by atoms with E-state index in [0.29, 0.717) is 23.7 Å². The zero-order chi connectivity index (χ0) is 13.8. The van der Waals surface area contributed by atoms with E-state index in [2.05, 4.69) is 5.32 Å². The number of β-amino-alcohol motifs (C(OH)–C–C–N with tert-alkyl or cyclic N) is 1. The summed E-state index contributed by atoms with van der Waals surface area (Å²) < 4.78 is 5.45. The van der Waals surface area contributed by atoms with Crippen LogP contribution in [0.4, 0.5) is 11.4 Å². The number of hydrogen-bond acceptors (Lipinski definition) is 5. The van der Waals surface area contributed by atoms with Crippen LogP contribution in [0.25, 0.3) is 0 Å². The lowest BCUT2D eigenvalue weighted by Crippen LogP contribution is -2.42. The first-order valence-corrected chi connectivity index (χ1v) is 5.99. The van der Waals surface area contributed by atoms with Crippen LogP contribution in [0.3, 0.4) is 0 Å². The van der Waals surface area contributed by atoms with Gasteiger partial charge in [-0.1, -0.05) is 6.07 Å². The Morgan fingerprint density at radius 3 is 2.61 bits per heavy atom. The van der Waals surface area contributed by atoms with Gasteiger partial charge in [0, 0.05) is 12.1 Å². The van der Waals surface area contributed by atoms with Gasteiger partial charge in [-0.2, -0.15) is 0 Å². The average Bonchev–Trinajstić information content (AvgIpc) is 2.27. The van der Waals surface area contributed by atoms with Crippen molar-refractivity contribution in [1.82, 2.24) is 5.32 Å². The van der Waals surface area contributed by atoms with Crippen molar-refractivity contribution in [3.05, 3.63) is 18.2 Å². The van der Waals surface area contributed by atoms with Crippen LogP contribution in [0.5, 0.6) is 5.75 Å². The van der Waals surface area contributed by atoms with Crippen molar-refractivity contribution in [1.29, 1.82) is 0 Å². The largest absolute Gasteiger partial charge is 0.489 e. The van der Waals surface area contributed by atoms with Crippen LogP contribution in [0.1, 0.15) is 20.8 Å². The number of para-hydroxylation sites is 1. The SMILES string of the molecule is CC(C)(C)NCC(O)COc1cccc(N)c1N. The van der Waals surface area contributed by atoms with Crippen molar-refractivity contribution < 1.29 is 9.84 Å². The normalized spacial score (nSPS) is 13.3. The Labute approximate surface area is 108 Å². The zero-order valence-corrected chi connectivity index (χ0v) is 11.2. The Kier molecular flexibility index (Phi) is 4.81. The van der Waals surface area contributed by atoms with Crippen LogP contribution in [0.2, 0.25) is 0 Å². The molecule has 1 aromatic carbocycles. The summed E-state index contributed by atoms with van der Waals surface area (Å²) in [5.41, 5.74) is 12.3. The zero-order valence-electron chi connectivity index (χ0n) is 11.2. The molecule has 0 amide bonds. The maximum Gasteiger partial charge on any atom is 0.144 e. The summed E-state index contributed by atoms with van der Waals surface area (Å²) in [4.78, 5) is 0. The number of nitrogens with one attached hydrogen (secondary N) is 1. The maximum absolute atomic E-state index is 9.77. The smallest absolute Gasteiger partial charge is 0.144 e. The third kappa shape index (κ3) is 4.81. The molecule has 0 aliphatic carbocycles. The first-order chi connectivity index (χ1) is 8.29. The van der Waals surface area contributed by atoms with Crippen molar-refractivity contribution in [3.63, 3.8) is 0 Å². The van der Waals surface area contributed by atoms with Crippen LogP contribution in [0.15, 0.2) is 18.2 Å². The second-order valence-electron chi connectivity index (χ2n) is 5.35. The van der Waals surface area contributed by atoms with Gasteiger partial charge in [-0.05, 0) is 32.9 Å². The number of aliphatic hydroxyl groups excluding tert-OH is 1. The molecule has 1 rings (SSSR count). The summed E-state index contributed by atoms with van der Waals surface area (Å²) >= 11 is 0. The highest BCUT2D eigenvalue weighted by Crippen LogP contribution is 2.26. The highest BCUT2D eigenvalue weighted by atomic mass is 16.5. The minimum atomic E-state index is -0.593. The number of hydrogen-bond donors (Lipinski definition) is 4. The molecule has 1 atom stereocenters. The quantitative estimate of drug-likeness (QED) is 0.587. The van der Waals surface area contributed by atoms with Gasteiger partial charge in [-0.3, -0.25) is 0 Å². The average molecular weight is 253 g/mol. The fourth-order valence-electron chi connectivity index (χ4n) is 1.36. The van der Waals surface area contributed by atoms with Gasteiger partial charge in [0.1, 0.15) is 18.5 Å². The molecule has 0 radical (unpaired) electrons. The number of nitrogen functional groups attached to an aromatic ring is 2. The summed E-state index contributed by atoms with van der Waals surface area (Å²) in [5.74, 6) is 0.504. The molecule has 5 nitrogen and oxygen atoms in total. The number of aliphatic hydroxyl groups is 1. The number of benzene rings is 1. The topological polar surface area (TPSA) is 93.5 Å². The molecule has 0 spiro atoms. The fraction of sp³-hybridized carbons (Fsp3) is 0.538. The molecule has 0 saturated carbocycles. The van der Waals surface area contributed by atoms with E-state index in [1.165, 1.54) is 0 Å². The number of rotatable bonds is 5. The molecule has 0 saturated heterocycles.